The molecule has 0 spiro atoms. The van der Waals surface area contributed by atoms with Crippen LogP contribution in [0.15, 0.2) is 217 Å². The quantitative estimate of drug-likeness (QED) is 0.162. The fraction of sp³-hybridized carbons (Fsp3) is 0. The zero-order valence-corrected chi connectivity index (χ0v) is 31.8. The number of furan rings is 1. The summed E-state index contributed by atoms with van der Waals surface area (Å²) in [6, 6.07) is 76.3. The molecule has 0 bridgehead atoms. The third-order valence-corrected chi connectivity index (χ3v) is 12.3. The standard InChI is InChI=1S/C54H35NOS/c1-3-11-36(12-4-1)37-21-23-38(24-22-37)39-25-30-43(31-26-39)55(50-19-10-18-48-46-15-7-8-20-52(46)57-54(48)50)44-32-27-40(28-33-44)42-29-34-51-49(35-42)47-17-9-16-45(53(47)56-51)41-13-5-2-6-14-41/h1-35H. The van der Waals surface area contributed by atoms with E-state index < -0.39 is 0 Å². The lowest BCUT2D eigenvalue weighted by atomic mass is 9.99. The molecule has 0 N–H and O–H groups in total. The SMILES string of the molecule is c1ccc(-c2ccc(-c3ccc(N(c4ccc(-c5ccc6oc7c(-c8ccccc8)cccc7c6c5)cc4)c4cccc5c4sc4ccccc45)cc3)cc2)cc1. The summed E-state index contributed by atoms with van der Waals surface area (Å²) in [4.78, 5) is 2.40. The summed E-state index contributed by atoms with van der Waals surface area (Å²) in [6.45, 7) is 0. The van der Waals surface area contributed by atoms with Gasteiger partial charge in [-0.15, -0.1) is 11.3 Å². The number of anilines is 3. The van der Waals surface area contributed by atoms with Crippen LogP contribution >= 0.6 is 11.3 Å². The van der Waals surface area contributed by atoms with Crippen molar-refractivity contribution in [1.29, 1.82) is 0 Å². The van der Waals surface area contributed by atoms with Gasteiger partial charge in [-0.3, -0.25) is 0 Å². The Morgan fingerprint density at radius 2 is 0.860 bits per heavy atom. The fourth-order valence-electron chi connectivity index (χ4n) is 8.25. The molecule has 2 aromatic heterocycles. The lowest BCUT2D eigenvalue weighted by molar-refractivity contribution is 0.670. The molecule has 9 aromatic carbocycles. The number of fused-ring (bicyclic) bond motifs is 6. The summed E-state index contributed by atoms with van der Waals surface area (Å²) in [6.07, 6.45) is 0. The van der Waals surface area contributed by atoms with Crippen molar-refractivity contribution in [2.45, 2.75) is 0 Å². The van der Waals surface area contributed by atoms with Crippen molar-refractivity contribution in [2.24, 2.45) is 0 Å². The van der Waals surface area contributed by atoms with Crippen molar-refractivity contribution in [3.8, 4) is 44.5 Å². The monoisotopic (exact) mass is 745 g/mol. The Bertz CT molecular complexity index is 3200. The molecule has 11 aromatic rings. The van der Waals surface area contributed by atoms with Crippen molar-refractivity contribution in [3.63, 3.8) is 0 Å². The molecule has 57 heavy (non-hydrogen) atoms. The Morgan fingerprint density at radius 3 is 1.54 bits per heavy atom. The molecule has 0 saturated carbocycles. The summed E-state index contributed by atoms with van der Waals surface area (Å²) < 4.78 is 9.06. The van der Waals surface area contributed by atoms with E-state index in [2.05, 4.69) is 211 Å². The van der Waals surface area contributed by atoms with E-state index >= 15 is 0 Å². The van der Waals surface area contributed by atoms with Gasteiger partial charge in [0, 0.05) is 43.2 Å². The van der Waals surface area contributed by atoms with Crippen LogP contribution < -0.4 is 4.90 Å². The molecule has 11 rings (SSSR count). The van der Waals surface area contributed by atoms with Crippen LogP contribution in [-0.2, 0) is 0 Å². The second-order valence-electron chi connectivity index (χ2n) is 14.5. The van der Waals surface area contributed by atoms with Gasteiger partial charge in [-0.05, 0) is 87.5 Å². The van der Waals surface area contributed by atoms with E-state index in [4.69, 9.17) is 4.42 Å². The number of hydrogen-bond acceptors (Lipinski definition) is 3. The second kappa shape index (κ2) is 13.8. The molecule has 0 saturated heterocycles. The summed E-state index contributed by atoms with van der Waals surface area (Å²) in [5, 5.41) is 4.82. The van der Waals surface area contributed by atoms with Crippen molar-refractivity contribution < 1.29 is 4.42 Å². The zero-order chi connectivity index (χ0) is 37.7. The average molecular weight is 746 g/mol. The molecule has 0 aliphatic carbocycles. The molecule has 0 radical (unpaired) electrons. The van der Waals surface area contributed by atoms with Crippen molar-refractivity contribution in [2.75, 3.05) is 4.90 Å². The average Bonchev–Trinajstić information content (AvgIpc) is 3.86. The maximum absolute atomic E-state index is 6.49. The molecule has 268 valence electrons. The number of rotatable bonds is 7. The van der Waals surface area contributed by atoms with E-state index in [0.29, 0.717) is 0 Å². The molecule has 0 amide bonds. The maximum atomic E-state index is 6.49. The Labute approximate surface area is 335 Å². The van der Waals surface area contributed by atoms with E-state index in [1.807, 2.05) is 17.4 Å². The summed E-state index contributed by atoms with van der Waals surface area (Å²) in [7, 11) is 0. The van der Waals surface area contributed by atoms with Gasteiger partial charge in [0.15, 0.2) is 0 Å². The fourth-order valence-corrected chi connectivity index (χ4v) is 9.46. The normalized spacial score (nSPS) is 11.5. The largest absolute Gasteiger partial charge is 0.455 e. The minimum absolute atomic E-state index is 0.895. The first-order valence-electron chi connectivity index (χ1n) is 19.3. The van der Waals surface area contributed by atoms with Crippen LogP contribution in [0.1, 0.15) is 0 Å². The van der Waals surface area contributed by atoms with E-state index in [1.165, 1.54) is 48.1 Å². The van der Waals surface area contributed by atoms with E-state index in [0.717, 1.165) is 55.6 Å². The van der Waals surface area contributed by atoms with Gasteiger partial charge in [-0.1, -0.05) is 164 Å². The molecular formula is C54H35NOS. The summed E-state index contributed by atoms with van der Waals surface area (Å²) in [5.74, 6) is 0. The van der Waals surface area contributed by atoms with Gasteiger partial charge in [0.05, 0.1) is 10.4 Å². The van der Waals surface area contributed by atoms with E-state index in [-0.39, 0.29) is 0 Å². The first kappa shape index (κ1) is 33.2. The highest BCUT2D eigenvalue weighted by Crippen LogP contribution is 2.45. The number of nitrogens with zero attached hydrogens (tertiary/aromatic N) is 1. The highest BCUT2D eigenvalue weighted by Gasteiger charge is 2.19. The van der Waals surface area contributed by atoms with Gasteiger partial charge in [-0.25, -0.2) is 0 Å². The third-order valence-electron chi connectivity index (χ3n) is 11.1. The number of para-hydroxylation sites is 1. The molecular weight excluding hydrogens is 711 g/mol. The predicted octanol–water partition coefficient (Wildman–Crippen LogP) is 16.1. The van der Waals surface area contributed by atoms with Crippen molar-refractivity contribution >= 4 is 70.5 Å². The maximum Gasteiger partial charge on any atom is 0.143 e. The molecule has 2 heterocycles. The molecule has 3 heteroatoms. The highest BCUT2D eigenvalue weighted by atomic mass is 32.1. The van der Waals surface area contributed by atoms with E-state index in [1.54, 1.807) is 0 Å². The van der Waals surface area contributed by atoms with Gasteiger partial charge < -0.3 is 9.32 Å². The van der Waals surface area contributed by atoms with Crippen LogP contribution in [0.25, 0.3) is 86.6 Å². The summed E-state index contributed by atoms with van der Waals surface area (Å²) in [5.41, 5.74) is 14.6. The number of benzene rings is 9. The topological polar surface area (TPSA) is 16.4 Å². The summed E-state index contributed by atoms with van der Waals surface area (Å²) >= 11 is 1.86. The second-order valence-corrected chi connectivity index (χ2v) is 15.5. The first-order valence-corrected chi connectivity index (χ1v) is 20.1. The molecule has 0 atom stereocenters. The van der Waals surface area contributed by atoms with Crippen LogP contribution in [0.4, 0.5) is 17.1 Å². The predicted molar refractivity (Wildman–Crippen MR) is 243 cm³/mol. The minimum Gasteiger partial charge on any atom is -0.455 e. The molecule has 0 fully saturated rings. The molecule has 0 unspecified atom stereocenters. The van der Waals surface area contributed by atoms with Crippen LogP contribution in [0.3, 0.4) is 0 Å². The lowest BCUT2D eigenvalue weighted by Crippen LogP contribution is -2.10. The van der Waals surface area contributed by atoms with Crippen molar-refractivity contribution in [1.82, 2.24) is 0 Å². The number of thiophene rings is 1. The minimum atomic E-state index is 0.895. The molecule has 2 nitrogen and oxygen atoms in total. The van der Waals surface area contributed by atoms with Crippen molar-refractivity contribution in [3.05, 3.63) is 212 Å². The van der Waals surface area contributed by atoms with Gasteiger partial charge in [0.1, 0.15) is 11.2 Å². The number of hydrogen-bond donors (Lipinski definition) is 0. The zero-order valence-electron chi connectivity index (χ0n) is 31.0. The van der Waals surface area contributed by atoms with Gasteiger partial charge in [0.25, 0.3) is 0 Å². The van der Waals surface area contributed by atoms with Gasteiger partial charge in [-0.2, -0.15) is 0 Å². The Morgan fingerprint density at radius 1 is 0.351 bits per heavy atom. The van der Waals surface area contributed by atoms with Gasteiger partial charge in [0.2, 0.25) is 0 Å². The first-order chi connectivity index (χ1) is 28.2. The van der Waals surface area contributed by atoms with Crippen LogP contribution in [-0.4, -0.2) is 0 Å². The van der Waals surface area contributed by atoms with Gasteiger partial charge >= 0.3 is 0 Å². The Hall–Kier alpha value is -7.20. The lowest BCUT2D eigenvalue weighted by Gasteiger charge is -2.26. The van der Waals surface area contributed by atoms with Crippen LogP contribution in [0.2, 0.25) is 0 Å². The molecule has 0 aliphatic heterocycles. The van der Waals surface area contributed by atoms with Crippen LogP contribution in [0.5, 0.6) is 0 Å². The van der Waals surface area contributed by atoms with E-state index in [9.17, 15) is 0 Å². The molecule has 0 aliphatic rings. The third kappa shape index (κ3) is 5.88. The Kier molecular flexibility index (Phi) is 8.04. The highest BCUT2D eigenvalue weighted by molar-refractivity contribution is 7.26. The van der Waals surface area contributed by atoms with Crippen LogP contribution in [0, 0.1) is 0 Å². The Balaban J connectivity index is 0.981. The smallest absolute Gasteiger partial charge is 0.143 e.